The predicted octanol–water partition coefficient (Wildman–Crippen LogP) is 3.63. The van der Waals surface area contributed by atoms with Crippen molar-refractivity contribution in [3.8, 4) is 0 Å². The van der Waals surface area contributed by atoms with Gasteiger partial charge in [-0.05, 0) is 24.5 Å². The van der Waals surface area contributed by atoms with E-state index >= 15 is 0 Å². The van der Waals surface area contributed by atoms with Gasteiger partial charge < -0.3 is 10.1 Å². The third kappa shape index (κ3) is 5.91. The van der Waals surface area contributed by atoms with Gasteiger partial charge in [0.15, 0.2) is 0 Å². The van der Waals surface area contributed by atoms with E-state index < -0.39 is 12.8 Å². The summed E-state index contributed by atoms with van der Waals surface area (Å²) in [4.78, 5) is 0. The van der Waals surface area contributed by atoms with Crippen LogP contribution in [0.2, 0.25) is 0 Å². The molecule has 1 rings (SSSR count). The van der Waals surface area contributed by atoms with E-state index in [-0.39, 0.29) is 6.61 Å². The fourth-order valence-electron chi connectivity index (χ4n) is 1.59. The zero-order valence-electron chi connectivity index (χ0n) is 10.4. The molecule has 0 heterocycles. The highest BCUT2D eigenvalue weighted by Gasteiger charge is 2.27. The van der Waals surface area contributed by atoms with Crippen molar-refractivity contribution in [3.63, 3.8) is 0 Å². The number of ether oxygens (including phenoxy) is 1. The molecule has 0 spiro atoms. The molecule has 1 aromatic rings. The number of para-hydroxylation sites is 1. The summed E-state index contributed by atoms with van der Waals surface area (Å²) in [7, 11) is 0. The summed E-state index contributed by atoms with van der Waals surface area (Å²) in [5, 5.41) is 3.20. The Bertz CT molecular complexity index is 352. The SMILES string of the molecule is CCc1ccccc1NCCCOCC(F)(F)F. The lowest BCUT2D eigenvalue weighted by molar-refractivity contribution is -0.173. The van der Waals surface area contributed by atoms with E-state index in [1.165, 1.54) is 5.56 Å². The second kappa shape index (κ2) is 7.26. The zero-order valence-corrected chi connectivity index (χ0v) is 10.4. The van der Waals surface area contributed by atoms with Crippen molar-refractivity contribution in [2.45, 2.75) is 25.9 Å². The van der Waals surface area contributed by atoms with Crippen molar-refractivity contribution in [2.24, 2.45) is 0 Å². The van der Waals surface area contributed by atoms with E-state index in [1.54, 1.807) is 0 Å². The first-order valence-corrected chi connectivity index (χ1v) is 5.99. The van der Waals surface area contributed by atoms with E-state index in [4.69, 9.17) is 0 Å². The molecule has 18 heavy (non-hydrogen) atoms. The largest absolute Gasteiger partial charge is 0.411 e. The van der Waals surface area contributed by atoms with Gasteiger partial charge in [-0.1, -0.05) is 25.1 Å². The first-order chi connectivity index (χ1) is 8.53. The molecule has 0 unspecified atom stereocenters. The molecule has 0 aromatic heterocycles. The van der Waals surface area contributed by atoms with Crippen molar-refractivity contribution in [1.29, 1.82) is 0 Å². The summed E-state index contributed by atoms with van der Waals surface area (Å²) in [6, 6.07) is 7.90. The Morgan fingerprint density at radius 3 is 2.61 bits per heavy atom. The van der Waals surface area contributed by atoms with Crippen LogP contribution in [0.15, 0.2) is 24.3 Å². The fourth-order valence-corrected chi connectivity index (χ4v) is 1.59. The fraction of sp³-hybridized carbons (Fsp3) is 0.538. The molecule has 0 bridgehead atoms. The molecule has 0 radical (unpaired) electrons. The van der Waals surface area contributed by atoms with Crippen LogP contribution >= 0.6 is 0 Å². The van der Waals surface area contributed by atoms with Crippen molar-refractivity contribution < 1.29 is 17.9 Å². The minimum absolute atomic E-state index is 0.112. The van der Waals surface area contributed by atoms with Gasteiger partial charge in [-0.2, -0.15) is 13.2 Å². The molecular formula is C13H18F3NO. The number of hydrogen-bond donors (Lipinski definition) is 1. The molecule has 0 atom stereocenters. The lowest BCUT2D eigenvalue weighted by Crippen LogP contribution is -2.18. The predicted molar refractivity (Wildman–Crippen MR) is 65.8 cm³/mol. The Morgan fingerprint density at radius 2 is 1.94 bits per heavy atom. The zero-order chi connectivity index (χ0) is 13.4. The van der Waals surface area contributed by atoms with Gasteiger partial charge in [-0.25, -0.2) is 0 Å². The minimum Gasteiger partial charge on any atom is -0.385 e. The minimum atomic E-state index is -4.23. The lowest BCUT2D eigenvalue weighted by atomic mass is 10.1. The molecule has 2 nitrogen and oxygen atoms in total. The Hall–Kier alpha value is -1.23. The van der Waals surface area contributed by atoms with E-state index in [2.05, 4.69) is 17.0 Å². The Balaban J connectivity index is 2.18. The van der Waals surface area contributed by atoms with Crippen LogP contribution in [0.1, 0.15) is 18.9 Å². The van der Waals surface area contributed by atoms with Gasteiger partial charge in [0.1, 0.15) is 6.61 Å². The molecule has 0 amide bonds. The van der Waals surface area contributed by atoms with Crippen LogP contribution in [0, 0.1) is 0 Å². The number of aryl methyl sites for hydroxylation is 1. The molecule has 0 fully saturated rings. The quantitative estimate of drug-likeness (QED) is 0.757. The van der Waals surface area contributed by atoms with Gasteiger partial charge in [-0.15, -0.1) is 0 Å². The molecule has 102 valence electrons. The van der Waals surface area contributed by atoms with E-state index in [1.807, 2.05) is 24.3 Å². The number of benzene rings is 1. The molecule has 0 saturated heterocycles. The Kier molecular flexibility index (Phi) is 5.98. The highest BCUT2D eigenvalue weighted by atomic mass is 19.4. The smallest absolute Gasteiger partial charge is 0.385 e. The monoisotopic (exact) mass is 261 g/mol. The van der Waals surface area contributed by atoms with Crippen LogP contribution in [0.25, 0.3) is 0 Å². The van der Waals surface area contributed by atoms with Crippen LogP contribution in [0.5, 0.6) is 0 Å². The van der Waals surface area contributed by atoms with Crippen molar-refractivity contribution >= 4 is 5.69 Å². The van der Waals surface area contributed by atoms with Crippen molar-refractivity contribution in [3.05, 3.63) is 29.8 Å². The molecule has 0 aliphatic rings. The molecule has 1 N–H and O–H groups in total. The summed E-state index contributed by atoms with van der Waals surface area (Å²) in [6.45, 7) is 1.61. The van der Waals surface area contributed by atoms with Gasteiger partial charge >= 0.3 is 6.18 Å². The van der Waals surface area contributed by atoms with Gasteiger partial charge in [0.2, 0.25) is 0 Å². The summed E-state index contributed by atoms with van der Waals surface area (Å²) in [6.07, 6.45) is -2.76. The van der Waals surface area contributed by atoms with E-state index in [9.17, 15) is 13.2 Å². The maximum Gasteiger partial charge on any atom is 0.411 e. The van der Waals surface area contributed by atoms with E-state index in [0.29, 0.717) is 13.0 Å². The van der Waals surface area contributed by atoms with Gasteiger partial charge in [0.25, 0.3) is 0 Å². The number of nitrogens with one attached hydrogen (secondary N) is 1. The Labute approximate surface area is 105 Å². The summed E-state index contributed by atoms with van der Waals surface area (Å²) in [5.74, 6) is 0. The number of halogens is 3. The average molecular weight is 261 g/mol. The normalized spacial score (nSPS) is 11.6. The van der Waals surface area contributed by atoms with Crippen molar-refractivity contribution in [1.82, 2.24) is 0 Å². The number of alkyl halides is 3. The van der Waals surface area contributed by atoms with Crippen LogP contribution in [-0.2, 0) is 11.2 Å². The molecule has 5 heteroatoms. The molecule has 0 aliphatic carbocycles. The number of anilines is 1. The van der Waals surface area contributed by atoms with Crippen LogP contribution in [-0.4, -0.2) is 25.9 Å². The van der Waals surface area contributed by atoms with Crippen molar-refractivity contribution in [2.75, 3.05) is 25.1 Å². The number of hydrogen-bond acceptors (Lipinski definition) is 2. The third-order valence-corrected chi connectivity index (χ3v) is 2.44. The molecule has 0 aliphatic heterocycles. The molecule has 0 saturated carbocycles. The summed E-state index contributed by atoms with van der Waals surface area (Å²) >= 11 is 0. The number of rotatable bonds is 7. The second-order valence-corrected chi connectivity index (χ2v) is 3.96. The highest BCUT2D eigenvalue weighted by Crippen LogP contribution is 2.16. The third-order valence-electron chi connectivity index (χ3n) is 2.44. The van der Waals surface area contributed by atoms with Gasteiger partial charge in [-0.3, -0.25) is 0 Å². The second-order valence-electron chi connectivity index (χ2n) is 3.96. The first kappa shape index (κ1) is 14.8. The van der Waals surface area contributed by atoms with Crippen LogP contribution < -0.4 is 5.32 Å². The highest BCUT2D eigenvalue weighted by molar-refractivity contribution is 5.50. The van der Waals surface area contributed by atoms with Gasteiger partial charge in [0, 0.05) is 18.8 Å². The molecular weight excluding hydrogens is 243 g/mol. The summed E-state index contributed by atoms with van der Waals surface area (Å²) < 4.78 is 39.9. The van der Waals surface area contributed by atoms with Gasteiger partial charge in [0.05, 0.1) is 0 Å². The molecule has 1 aromatic carbocycles. The maximum absolute atomic E-state index is 11.8. The summed E-state index contributed by atoms with van der Waals surface area (Å²) in [5.41, 5.74) is 2.24. The topological polar surface area (TPSA) is 21.3 Å². The Morgan fingerprint density at radius 1 is 1.22 bits per heavy atom. The lowest BCUT2D eigenvalue weighted by Gasteiger charge is -2.11. The standard InChI is InChI=1S/C13H18F3NO/c1-2-11-6-3-4-7-12(11)17-8-5-9-18-10-13(14,15)16/h3-4,6-7,17H,2,5,8-10H2,1H3. The maximum atomic E-state index is 11.8. The average Bonchev–Trinajstić information content (AvgIpc) is 2.32. The van der Waals surface area contributed by atoms with Crippen LogP contribution in [0.3, 0.4) is 0 Å². The van der Waals surface area contributed by atoms with Crippen LogP contribution in [0.4, 0.5) is 18.9 Å². The first-order valence-electron chi connectivity index (χ1n) is 5.99. The van der Waals surface area contributed by atoms with E-state index in [0.717, 1.165) is 12.1 Å².